The lowest BCUT2D eigenvalue weighted by atomic mass is 10.0. The van der Waals surface area contributed by atoms with Crippen molar-refractivity contribution in [2.24, 2.45) is 0 Å². The Bertz CT molecular complexity index is 460. The number of benzene rings is 1. The van der Waals surface area contributed by atoms with E-state index < -0.39 is 0 Å². The molecule has 1 aromatic carbocycles. The van der Waals surface area contributed by atoms with E-state index in [4.69, 9.17) is 0 Å². The van der Waals surface area contributed by atoms with Crippen molar-refractivity contribution in [3.63, 3.8) is 0 Å². The molecule has 0 spiro atoms. The fourth-order valence-electron chi connectivity index (χ4n) is 1.47. The van der Waals surface area contributed by atoms with E-state index in [1.54, 1.807) is 12.3 Å². The predicted octanol–water partition coefficient (Wildman–Crippen LogP) is 2.83. The van der Waals surface area contributed by atoms with Gasteiger partial charge in [-0.2, -0.15) is 5.10 Å². The predicted molar refractivity (Wildman–Crippen MR) is 53.5 cm³/mol. The summed E-state index contributed by atoms with van der Waals surface area (Å²) in [5.41, 5.74) is 3.36. The average molecular weight is 190 g/mol. The number of nitrogens with zero attached hydrogens (tertiary/aromatic N) is 1. The van der Waals surface area contributed by atoms with Crippen LogP contribution in [0, 0.1) is 19.7 Å². The lowest BCUT2D eigenvalue weighted by Crippen LogP contribution is -1.86. The molecule has 0 bridgehead atoms. The number of aromatic amines is 1. The number of hydrogen-bond donors (Lipinski definition) is 1. The van der Waals surface area contributed by atoms with Crippen molar-refractivity contribution in [3.05, 3.63) is 41.5 Å². The molecule has 1 aromatic heterocycles. The van der Waals surface area contributed by atoms with Gasteiger partial charge in [0.15, 0.2) is 0 Å². The summed E-state index contributed by atoms with van der Waals surface area (Å²) in [5, 5.41) is 6.67. The number of aryl methyl sites for hydroxylation is 2. The molecule has 0 aliphatic heterocycles. The summed E-state index contributed by atoms with van der Waals surface area (Å²) in [6, 6.07) is 5.07. The first kappa shape index (κ1) is 8.94. The van der Waals surface area contributed by atoms with Gasteiger partial charge in [-0.05, 0) is 26.0 Å². The molecule has 2 nitrogen and oxygen atoms in total. The zero-order valence-electron chi connectivity index (χ0n) is 8.13. The SMILES string of the molecule is Cc1ccc(F)c(-c2cn[nH]c2C)c1. The number of halogens is 1. The van der Waals surface area contributed by atoms with Crippen LogP contribution in [0.4, 0.5) is 4.39 Å². The zero-order chi connectivity index (χ0) is 10.1. The molecule has 72 valence electrons. The summed E-state index contributed by atoms with van der Waals surface area (Å²) in [4.78, 5) is 0. The topological polar surface area (TPSA) is 28.7 Å². The van der Waals surface area contributed by atoms with Crippen LogP contribution >= 0.6 is 0 Å². The van der Waals surface area contributed by atoms with E-state index in [1.165, 1.54) is 6.07 Å². The van der Waals surface area contributed by atoms with Gasteiger partial charge in [-0.15, -0.1) is 0 Å². The first-order chi connectivity index (χ1) is 6.68. The Morgan fingerprint density at radius 2 is 2.00 bits per heavy atom. The van der Waals surface area contributed by atoms with Gasteiger partial charge < -0.3 is 0 Å². The Balaban J connectivity index is 2.62. The summed E-state index contributed by atoms with van der Waals surface area (Å²) in [5.74, 6) is -0.208. The number of aromatic nitrogens is 2. The van der Waals surface area contributed by atoms with Gasteiger partial charge in [-0.1, -0.05) is 11.6 Å². The fourth-order valence-corrected chi connectivity index (χ4v) is 1.47. The third-order valence-electron chi connectivity index (χ3n) is 2.24. The molecule has 0 aliphatic rings. The van der Waals surface area contributed by atoms with Crippen molar-refractivity contribution < 1.29 is 4.39 Å². The van der Waals surface area contributed by atoms with Crippen LogP contribution in [0.2, 0.25) is 0 Å². The van der Waals surface area contributed by atoms with Crippen LogP contribution in [0.5, 0.6) is 0 Å². The van der Waals surface area contributed by atoms with Crippen LogP contribution in [0.1, 0.15) is 11.3 Å². The maximum Gasteiger partial charge on any atom is 0.131 e. The highest BCUT2D eigenvalue weighted by molar-refractivity contribution is 5.66. The minimum atomic E-state index is -0.208. The second-order valence-corrected chi connectivity index (χ2v) is 3.39. The zero-order valence-corrected chi connectivity index (χ0v) is 8.13. The van der Waals surface area contributed by atoms with Gasteiger partial charge in [0, 0.05) is 16.8 Å². The van der Waals surface area contributed by atoms with Crippen LogP contribution in [-0.2, 0) is 0 Å². The molecule has 0 saturated carbocycles. The van der Waals surface area contributed by atoms with Crippen molar-refractivity contribution in [1.82, 2.24) is 10.2 Å². The first-order valence-electron chi connectivity index (χ1n) is 4.45. The molecule has 1 N–H and O–H groups in total. The number of nitrogens with one attached hydrogen (secondary N) is 1. The molecule has 0 amide bonds. The quantitative estimate of drug-likeness (QED) is 0.736. The van der Waals surface area contributed by atoms with Crippen LogP contribution < -0.4 is 0 Å². The Kier molecular flexibility index (Phi) is 2.08. The maximum atomic E-state index is 13.5. The Labute approximate surface area is 81.8 Å². The highest BCUT2D eigenvalue weighted by atomic mass is 19.1. The number of H-pyrrole nitrogens is 1. The third kappa shape index (κ3) is 1.41. The lowest BCUT2D eigenvalue weighted by molar-refractivity contribution is 0.631. The third-order valence-corrected chi connectivity index (χ3v) is 2.24. The fraction of sp³-hybridized carbons (Fsp3) is 0.182. The second-order valence-electron chi connectivity index (χ2n) is 3.39. The molecule has 0 aliphatic carbocycles. The van der Waals surface area contributed by atoms with E-state index in [2.05, 4.69) is 10.2 Å². The van der Waals surface area contributed by atoms with Crippen molar-refractivity contribution >= 4 is 0 Å². The summed E-state index contributed by atoms with van der Waals surface area (Å²) in [6.45, 7) is 3.82. The van der Waals surface area contributed by atoms with Crippen LogP contribution in [0.25, 0.3) is 11.1 Å². The van der Waals surface area contributed by atoms with Gasteiger partial charge in [0.1, 0.15) is 5.82 Å². The van der Waals surface area contributed by atoms with Gasteiger partial charge in [-0.25, -0.2) is 4.39 Å². The average Bonchev–Trinajstić information content (AvgIpc) is 2.56. The molecule has 0 atom stereocenters. The van der Waals surface area contributed by atoms with E-state index in [9.17, 15) is 4.39 Å². The minimum absolute atomic E-state index is 0.208. The molecule has 0 unspecified atom stereocenters. The Morgan fingerprint density at radius 3 is 2.64 bits per heavy atom. The normalized spacial score (nSPS) is 10.5. The van der Waals surface area contributed by atoms with E-state index >= 15 is 0 Å². The largest absolute Gasteiger partial charge is 0.282 e. The lowest BCUT2D eigenvalue weighted by Gasteiger charge is -2.02. The highest BCUT2D eigenvalue weighted by Gasteiger charge is 2.08. The van der Waals surface area contributed by atoms with E-state index in [0.717, 1.165) is 16.8 Å². The molecule has 2 aromatic rings. The highest BCUT2D eigenvalue weighted by Crippen LogP contribution is 2.25. The summed E-state index contributed by atoms with van der Waals surface area (Å²) in [6.07, 6.45) is 1.65. The van der Waals surface area contributed by atoms with Crippen LogP contribution in [0.3, 0.4) is 0 Å². The Morgan fingerprint density at radius 1 is 1.21 bits per heavy atom. The molecule has 14 heavy (non-hydrogen) atoms. The Hall–Kier alpha value is -1.64. The molecule has 0 radical (unpaired) electrons. The van der Waals surface area contributed by atoms with E-state index in [1.807, 2.05) is 19.9 Å². The van der Waals surface area contributed by atoms with E-state index in [-0.39, 0.29) is 5.82 Å². The summed E-state index contributed by atoms with van der Waals surface area (Å²) < 4.78 is 13.5. The van der Waals surface area contributed by atoms with Gasteiger partial charge in [-0.3, -0.25) is 5.10 Å². The van der Waals surface area contributed by atoms with Gasteiger partial charge in [0.2, 0.25) is 0 Å². The molecule has 1 heterocycles. The van der Waals surface area contributed by atoms with E-state index in [0.29, 0.717) is 5.56 Å². The molecule has 2 rings (SSSR count). The smallest absolute Gasteiger partial charge is 0.131 e. The van der Waals surface area contributed by atoms with Crippen LogP contribution in [0.15, 0.2) is 24.4 Å². The number of rotatable bonds is 1. The molecule has 3 heteroatoms. The number of hydrogen-bond acceptors (Lipinski definition) is 1. The van der Waals surface area contributed by atoms with Crippen molar-refractivity contribution in [1.29, 1.82) is 0 Å². The first-order valence-corrected chi connectivity index (χ1v) is 4.45. The molecular weight excluding hydrogens is 179 g/mol. The molecular formula is C11H11FN2. The van der Waals surface area contributed by atoms with Crippen molar-refractivity contribution in [3.8, 4) is 11.1 Å². The maximum absolute atomic E-state index is 13.5. The van der Waals surface area contributed by atoms with Crippen molar-refractivity contribution in [2.75, 3.05) is 0 Å². The summed E-state index contributed by atoms with van der Waals surface area (Å²) in [7, 11) is 0. The van der Waals surface area contributed by atoms with Gasteiger partial charge in [0.25, 0.3) is 0 Å². The molecule has 0 fully saturated rings. The van der Waals surface area contributed by atoms with Crippen LogP contribution in [-0.4, -0.2) is 10.2 Å². The monoisotopic (exact) mass is 190 g/mol. The minimum Gasteiger partial charge on any atom is -0.282 e. The second kappa shape index (κ2) is 3.25. The van der Waals surface area contributed by atoms with Gasteiger partial charge in [0.05, 0.1) is 6.20 Å². The van der Waals surface area contributed by atoms with Crippen molar-refractivity contribution in [2.45, 2.75) is 13.8 Å². The molecule has 0 saturated heterocycles. The standard InChI is InChI=1S/C11H11FN2/c1-7-3-4-11(12)9(5-7)10-6-13-14-8(10)2/h3-6H,1-2H3,(H,13,14). The van der Waals surface area contributed by atoms with Gasteiger partial charge >= 0.3 is 0 Å². The summed E-state index contributed by atoms with van der Waals surface area (Å²) >= 11 is 0.